The van der Waals surface area contributed by atoms with Gasteiger partial charge in [-0.2, -0.15) is 21.0 Å². The molecule has 17 saturated heterocycles. The second-order valence-corrected chi connectivity index (χ2v) is 56.5. The van der Waals surface area contributed by atoms with Crippen LogP contribution in [0.15, 0.2) is 89.4 Å². The highest BCUT2D eigenvalue weighted by molar-refractivity contribution is 9.10. The van der Waals surface area contributed by atoms with Crippen molar-refractivity contribution in [3.05, 3.63) is 129 Å². The number of rotatable bonds is 10. The molecule has 0 aliphatic carbocycles. The summed E-state index contributed by atoms with van der Waals surface area (Å²) >= 11 is 26.8. The molecule has 0 saturated carbocycles. The summed E-state index contributed by atoms with van der Waals surface area (Å²) < 4.78 is 60.8. The number of amides is 10. The minimum absolute atomic E-state index is 0.0949. The van der Waals surface area contributed by atoms with Crippen LogP contribution in [-0.2, 0) is 135 Å². The molecule has 10 amide bonds. The lowest BCUT2D eigenvalue weighted by atomic mass is 9.75. The van der Waals surface area contributed by atoms with Gasteiger partial charge in [0.1, 0.15) is 6.04 Å². The Balaban J connectivity index is 0.000000103. The van der Waals surface area contributed by atoms with Crippen molar-refractivity contribution in [3.63, 3.8) is 0 Å². The number of piperazine rings is 5. The molecular weight excluding hydrogens is 2130 g/mol. The standard InChI is InChI=1S/C22H24N4O5S2.C19H19N3O5S2.C19H19N3O4S2.C18H16BrN3O4S2.C18H17N3O4S2/c1-20-18(27)26-17(14-3-4-15-16(9-14)31-13-30-15)21(11-23,12-25-5-7-29-8-6-25)10-22(26,33(20)32)19(28)24(20)2;1-17-15(24)22-14(11-3-4-12-13(7-11)27-10-26-12)18(9-20,5-6-23)8-19(22,29(17)28)16(25)21(17)2;1-4-18-16(24)22-14(11-5-6-12-13(7-11)26-10-25-12)17(2,9-20)8-19(22,28-27-18)15(23)21(18)3;1-16(20-3)7-18-15(24)21(4)17(2,28(18)27)14(23)22(18)13(16)9-5-11-12(6-10(9)19)26-8-25-11;1-16(8-19)7-18-15(23)20(3)17(2,27(18)26)14(22)21(18)13(16)10-4-5-11-12(6-10)25-9-24-11/h3-4,9,17H,5-8,10,12-13H2,1-2H3;3-4,7,14,23H,5-6,8,10H2,1-2H3;5-7,14H,4,8,10H2,1-3H3;5-6,13H,7-8H2,1-2,4H3;4-6,13H,7,9H2,1-3H3/t17-,20+,21+,22-,33?;14-,17-,18+,19-,29?;14-,17+,18-,19-;13-,16-,17+,18-,28?;13-,16+,17-,18-,27?/m00000/s1. The second-order valence-electron chi connectivity index (χ2n) is 40.9. The summed E-state index contributed by atoms with van der Waals surface area (Å²) in [5, 5.41) is 50.8. The number of benzene rings is 5. The van der Waals surface area contributed by atoms with Crippen LogP contribution in [0.4, 0.5) is 0 Å². The molecular formula is C96H95BrN16O22S10. The van der Waals surface area contributed by atoms with E-state index >= 15 is 0 Å². The van der Waals surface area contributed by atoms with E-state index in [0.29, 0.717) is 113 Å². The van der Waals surface area contributed by atoms with E-state index in [2.05, 4.69) is 50.0 Å². The number of hydrogen-bond donors (Lipinski definition) is 1. The summed E-state index contributed by atoms with van der Waals surface area (Å²) in [6.07, 6.45) is 1.75. The van der Waals surface area contributed by atoms with Gasteiger partial charge >= 0.3 is 0 Å². The van der Waals surface area contributed by atoms with E-state index in [1.807, 2.05) is 50.2 Å². The topological polar surface area (TPSA) is 428 Å². The molecule has 22 aliphatic heterocycles. The Bertz CT molecular complexity index is 7130. The van der Waals surface area contributed by atoms with Gasteiger partial charge in [0.2, 0.25) is 34.0 Å². The fourth-order valence-corrected chi connectivity index (χ4v) is 44.5. The minimum atomic E-state index is -1.23. The predicted molar refractivity (Wildman–Crippen MR) is 537 cm³/mol. The molecule has 38 nitrogen and oxygen atoms in total. The molecule has 17 fully saturated rings. The number of nitriles is 4. The molecule has 145 heavy (non-hydrogen) atoms. The maximum absolute atomic E-state index is 13.9. The fraction of sp³-hybridized carbons (Fsp3) is 0.531. The van der Waals surface area contributed by atoms with Gasteiger partial charge in [-0.05, 0) is 192 Å². The van der Waals surface area contributed by atoms with E-state index in [1.54, 1.807) is 155 Å². The molecule has 27 rings (SSSR count). The number of carbonyl (C=O) groups excluding carboxylic acids is 10. The fourth-order valence-electron chi connectivity index (χ4n) is 26.1. The van der Waals surface area contributed by atoms with Crippen LogP contribution < -0.4 is 47.4 Å². The first kappa shape index (κ1) is 99.2. The molecule has 4 unspecified atom stereocenters. The Morgan fingerprint density at radius 1 is 0.414 bits per heavy atom. The highest BCUT2D eigenvalue weighted by atomic mass is 79.9. The van der Waals surface area contributed by atoms with Crippen molar-refractivity contribution in [1.82, 2.24) is 53.9 Å². The summed E-state index contributed by atoms with van der Waals surface area (Å²) in [6, 6.07) is 32.0. The molecule has 24 atom stereocenters. The van der Waals surface area contributed by atoms with Crippen molar-refractivity contribution >= 4 is 179 Å². The van der Waals surface area contributed by atoms with Crippen LogP contribution in [0.5, 0.6) is 57.5 Å². The summed E-state index contributed by atoms with van der Waals surface area (Å²) in [7, 11) is 7.19. The van der Waals surface area contributed by atoms with E-state index in [0.717, 1.165) is 22.3 Å². The first-order chi connectivity index (χ1) is 68.7. The van der Waals surface area contributed by atoms with Gasteiger partial charge in [0.05, 0.1) is 89.7 Å². The summed E-state index contributed by atoms with van der Waals surface area (Å²) in [4.78, 5) is 146. The van der Waals surface area contributed by atoms with E-state index in [-0.39, 0.29) is 132 Å². The number of likely N-dealkylation sites (N-methyl/N-ethyl adjacent to an activating group) is 5. The van der Waals surface area contributed by atoms with Crippen LogP contribution in [0.3, 0.4) is 0 Å². The SMILES string of the molecule is CC[C@]12SS[C@@]3(C[C@](C)(C#N)[C@H](c4ccc5c(c4)OCO5)N3C1=O)C(=O)N2C.CN1C(=O)[C@@]23C[C@@](C#N)(CCO)[C@H](c4ccc5c(c4)OCO5)N2C(=O)[C@]1(C)S3=S.CN1C(=O)[C@@]23C[C@@](C#N)(CN4CCOCC4)[C@H](c4ccc5c(c4)OCO5)N2C(=O)[C@@]1(C)S3=S.CN1C(=O)[C@@]23C[C@](C)(C#N)[C@H](c4ccc5c(c4)OCO5)N2C(=O)[C@]1(C)S3=S.[C-]#[N+][C@@]1(C)C[C@]23C(=O)N(C)[C@@](C)(C(=O)N2[C@H]1c1cc2c(cc1Br)OCO2)S3=S. The Kier molecular flexibility index (Phi) is 22.4. The monoisotopic (exact) mass is 2220 g/mol. The van der Waals surface area contributed by atoms with Crippen LogP contribution in [0, 0.1) is 73.6 Å². The Morgan fingerprint density at radius 2 is 0.752 bits per heavy atom. The zero-order chi connectivity index (χ0) is 103. The van der Waals surface area contributed by atoms with Crippen molar-refractivity contribution in [3.8, 4) is 81.8 Å². The number of aliphatic hydroxyl groups excluding tert-OH is 1. The largest absolute Gasteiger partial charge is 0.454 e. The van der Waals surface area contributed by atoms with Gasteiger partial charge in [0.25, 0.3) is 64.6 Å². The summed E-state index contributed by atoms with van der Waals surface area (Å²) in [5.74, 6) is 4.28. The molecule has 22 heterocycles. The average Bonchev–Trinajstić information content (AvgIpc) is 1.39. The van der Waals surface area contributed by atoms with Crippen molar-refractivity contribution in [2.75, 3.05) is 109 Å². The summed E-state index contributed by atoms with van der Waals surface area (Å²) in [6.45, 7) is 25.7. The maximum Gasteiger partial charge on any atom is 0.262 e. The third kappa shape index (κ3) is 12.1. The Morgan fingerprint density at radius 3 is 1.14 bits per heavy atom. The zero-order valence-corrected chi connectivity index (χ0v) is 90.1. The average molecular weight is 2230 g/mol. The quantitative estimate of drug-likeness (QED) is 0.106. The second kappa shape index (κ2) is 32.8. The molecule has 0 radical (unpaired) electrons. The lowest BCUT2D eigenvalue weighted by Gasteiger charge is -2.58. The van der Waals surface area contributed by atoms with Gasteiger partial charge < -0.3 is 111 Å². The molecule has 10 bridgehead atoms. The van der Waals surface area contributed by atoms with Crippen LogP contribution in [-0.4, -0.2) is 281 Å². The Labute approximate surface area is 877 Å². The van der Waals surface area contributed by atoms with Gasteiger partial charge in [-0.25, -0.2) is 6.57 Å². The molecule has 5 aromatic rings. The van der Waals surface area contributed by atoms with E-state index in [1.165, 1.54) is 41.2 Å². The van der Waals surface area contributed by atoms with Gasteiger partial charge in [-0.15, -0.1) is 0 Å². The third-order valence-electron chi connectivity index (χ3n) is 33.8. The van der Waals surface area contributed by atoms with E-state index < -0.39 is 144 Å². The summed E-state index contributed by atoms with van der Waals surface area (Å²) in [5.41, 5.74) is -1.25. The zero-order valence-electron chi connectivity index (χ0n) is 80.3. The number of carbonyl (C=O) groups is 10. The van der Waals surface area contributed by atoms with Crippen LogP contribution in [0.2, 0.25) is 0 Å². The lowest BCUT2D eigenvalue weighted by Crippen LogP contribution is -2.74. The van der Waals surface area contributed by atoms with Gasteiger partial charge in [0.15, 0.2) is 106 Å². The predicted octanol–water partition coefficient (Wildman–Crippen LogP) is 7.26. The molecule has 49 heteroatoms. The number of hydrogen-bond acceptors (Lipinski definition) is 33. The highest BCUT2D eigenvalue weighted by Crippen LogP contribution is 2.74. The number of nitrogens with zero attached hydrogens (tertiary/aromatic N) is 16. The number of ether oxygens (including phenoxy) is 11. The number of fused-ring (bicyclic) bond motifs is 11. The van der Waals surface area contributed by atoms with Gasteiger partial charge in [0, 0.05) is 104 Å². The van der Waals surface area contributed by atoms with Crippen molar-refractivity contribution in [1.29, 1.82) is 21.0 Å². The molecule has 5 spiro atoms. The number of halogens is 1. The maximum atomic E-state index is 13.9. The van der Waals surface area contributed by atoms with Crippen LogP contribution in [0.1, 0.15) is 158 Å². The first-order valence-electron chi connectivity index (χ1n) is 46.5. The molecule has 0 aromatic heterocycles. The van der Waals surface area contributed by atoms with Gasteiger partial charge in [-0.1, -0.05) is 97.1 Å². The molecule has 758 valence electrons. The number of aliphatic hydroxyl groups is 1. The van der Waals surface area contributed by atoms with Crippen molar-refractivity contribution < 1.29 is 105 Å². The van der Waals surface area contributed by atoms with Crippen molar-refractivity contribution in [2.45, 2.75) is 185 Å². The minimum Gasteiger partial charge on any atom is -0.454 e. The molecule has 5 aromatic carbocycles. The van der Waals surface area contributed by atoms with Gasteiger partial charge in [-0.3, -0.25) is 52.8 Å². The molecule has 1 N–H and O–H groups in total. The number of morpholine rings is 1. The molecule has 22 aliphatic rings. The lowest BCUT2D eigenvalue weighted by molar-refractivity contribution is -0.165. The third-order valence-corrected chi connectivity index (χ3v) is 54.7. The van der Waals surface area contributed by atoms with E-state index in [9.17, 15) is 74.1 Å². The van der Waals surface area contributed by atoms with Crippen molar-refractivity contribution in [2.24, 2.45) is 21.7 Å². The Hall–Kier alpha value is -10.4. The van der Waals surface area contributed by atoms with Crippen LogP contribution in [0.25, 0.3) is 4.85 Å². The highest BCUT2D eigenvalue weighted by Gasteiger charge is 2.87. The normalized spacial score (nSPS) is 39.6. The smallest absolute Gasteiger partial charge is 0.262 e. The van der Waals surface area contributed by atoms with Crippen LogP contribution >= 0.6 is 37.5 Å². The first-order valence-corrected chi connectivity index (χ1v) is 58.1. The van der Waals surface area contributed by atoms with E-state index in [4.69, 9.17) is 103 Å².